The van der Waals surface area contributed by atoms with Gasteiger partial charge in [0.1, 0.15) is 0 Å². The number of rotatable bonds is 6. The van der Waals surface area contributed by atoms with Gasteiger partial charge in [-0.25, -0.2) is 4.98 Å². The highest BCUT2D eigenvalue weighted by Gasteiger charge is 2.06. The van der Waals surface area contributed by atoms with Crippen LogP contribution >= 0.6 is 35.3 Å². The SMILES string of the molecule is CCC(CC)CNC(=NC)NCc1cn2ccsc2n1.I. The highest BCUT2D eigenvalue weighted by Crippen LogP contribution is 2.11. The van der Waals surface area contributed by atoms with Gasteiger partial charge in [0.2, 0.25) is 0 Å². The molecule has 0 aliphatic carbocycles. The third-order valence-electron chi connectivity index (χ3n) is 3.52. The number of aliphatic imine (C=N–C) groups is 1. The molecule has 2 aromatic heterocycles. The molecule has 0 aliphatic rings. The van der Waals surface area contributed by atoms with Crippen molar-refractivity contribution in [3.05, 3.63) is 23.5 Å². The molecule has 0 saturated heterocycles. The number of guanidine groups is 1. The van der Waals surface area contributed by atoms with Crippen LogP contribution < -0.4 is 10.6 Å². The van der Waals surface area contributed by atoms with E-state index in [1.165, 1.54) is 12.8 Å². The Morgan fingerprint density at radius 1 is 1.38 bits per heavy atom. The number of thiazole rings is 1. The molecule has 7 heteroatoms. The monoisotopic (exact) mass is 421 g/mol. The number of nitrogens with zero attached hydrogens (tertiary/aromatic N) is 3. The molecule has 0 aliphatic heterocycles. The van der Waals surface area contributed by atoms with E-state index in [0.717, 1.165) is 23.2 Å². The molecule has 0 radical (unpaired) electrons. The fourth-order valence-electron chi connectivity index (χ4n) is 2.07. The summed E-state index contributed by atoms with van der Waals surface area (Å²) in [5.41, 5.74) is 1.03. The van der Waals surface area contributed by atoms with Crippen molar-refractivity contribution < 1.29 is 0 Å². The van der Waals surface area contributed by atoms with E-state index in [0.29, 0.717) is 12.5 Å². The Morgan fingerprint density at radius 3 is 2.76 bits per heavy atom. The Morgan fingerprint density at radius 2 is 2.14 bits per heavy atom. The fraction of sp³-hybridized carbons (Fsp3) is 0.571. The first kappa shape index (κ1) is 18.2. The van der Waals surface area contributed by atoms with Crippen LogP contribution in [0, 0.1) is 5.92 Å². The molecule has 21 heavy (non-hydrogen) atoms. The Hall–Kier alpha value is -0.830. The van der Waals surface area contributed by atoms with Gasteiger partial charge in [0.05, 0.1) is 12.2 Å². The zero-order valence-electron chi connectivity index (χ0n) is 12.8. The number of hydrogen-bond acceptors (Lipinski definition) is 3. The number of halogens is 1. The number of aromatic nitrogens is 2. The summed E-state index contributed by atoms with van der Waals surface area (Å²) in [7, 11) is 1.80. The standard InChI is InChI=1S/C14H23N5S.HI/c1-4-11(5-2)8-16-13(15-3)17-9-12-10-19-6-7-20-14(19)18-12;/h6-7,10-11H,4-5,8-9H2,1-3H3,(H2,15,16,17);1H. The molecule has 118 valence electrons. The second-order valence-electron chi connectivity index (χ2n) is 4.81. The van der Waals surface area contributed by atoms with Gasteiger partial charge in [-0.2, -0.15) is 0 Å². The van der Waals surface area contributed by atoms with Crippen LogP contribution in [-0.2, 0) is 6.54 Å². The second kappa shape index (κ2) is 9.24. The normalized spacial score (nSPS) is 11.7. The quantitative estimate of drug-likeness (QED) is 0.428. The van der Waals surface area contributed by atoms with Gasteiger partial charge in [0.25, 0.3) is 0 Å². The highest BCUT2D eigenvalue weighted by molar-refractivity contribution is 14.0. The lowest BCUT2D eigenvalue weighted by Gasteiger charge is -2.16. The van der Waals surface area contributed by atoms with Gasteiger partial charge < -0.3 is 10.6 Å². The molecule has 2 rings (SSSR count). The molecule has 0 atom stereocenters. The fourth-order valence-corrected chi connectivity index (χ4v) is 2.79. The second-order valence-corrected chi connectivity index (χ2v) is 5.69. The third kappa shape index (κ3) is 5.14. The molecule has 5 nitrogen and oxygen atoms in total. The van der Waals surface area contributed by atoms with Crippen molar-refractivity contribution in [2.45, 2.75) is 33.2 Å². The maximum absolute atomic E-state index is 4.54. The van der Waals surface area contributed by atoms with Crippen LogP contribution in [0.5, 0.6) is 0 Å². The Kier molecular flexibility index (Phi) is 8.02. The lowest BCUT2D eigenvalue weighted by molar-refractivity contribution is 0.481. The van der Waals surface area contributed by atoms with Crippen LogP contribution in [0.1, 0.15) is 32.4 Å². The van der Waals surface area contributed by atoms with Crippen molar-refractivity contribution in [2.24, 2.45) is 10.9 Å². The Balaban J connectivity index is 0.00000220. The van der Waals surface area contributed by atoms with Crippen molar-refractivity contribution in [3.63, 3.8) is 0 Å². The van der Waals surface area contributed by atoms with Crippen molar-refractivity contribution >= 4 is 46.2 Å². The van der Waals surface area contributed by atoms with E-state index >= 15 is 0 Å². The van der Waals surface area contributed by atoms with E-state index in [1.807, 2.05) is 22.2 Å². The van der Waals surface area contributed by atoms with Crippen molar-refractivity contribution in [3.8, 4) is 0 Å². The average Bonchev–Trinajstić information content (AvgIpc) is 3.04. The number of hydrogen-bond donors (Lipinski definition) is 2. The number of fused-ring (bicyclic) bond motifs is 1. The van der Waals surface area contributed by atoms with Crippen LogP contribution in [0.2, 0.25) is 0 Å². The summed E-state index contributed by atoms with van der Waals surface area (Å²) in [4.78, 5) is 9.82. The summed E-state index contributed by atoms with van der Waals surface area (Å²) in [5.74, 6) is 1.54. The zero-order chi connectivity index (χ0) is 14.4. The van der Waals surface area contributed by atoms with Crippen LogP contribution in [0.4, 0.5) is 0 Å². The van der Waals surface area contributed by atoms with Gasteiger partial charge in [-0.05, 0) is 5.92 Å². The lowest BCUT2D eigenvalue weighted by atomic mass is 10.0. The Bertz CT molecular complexity index is 530. The zero-order valence-corrected chi connectivity index (χ0v) is 15.9. The molecule has 0 fully saturated rings. The highest BCUT2D eigenvalue weighted by atomic mass is 127. The summed E-state index contributed by atoms with van der Waals surface area (Å²) in [6.07, 6.45) is 6.46. The smallest absolute Gasteiger partial charge is 0.193 e. The van der Waals surface area contributed by atoms with Crippen LogP contribution in [0.25, 0.3) is 4.96 Å². The summed E-state index contributed by atoms with van der Waals surface area (Å²) >= 11 is 1.65. The van der Waals surface area contributed by atoms with Crippen molar-refractivity contribution in [1.29, 1.82) is 0 Å². The molecule has 2 aromatic rings. The van der Waals surface area contributed by atoms with Gasteiger partial charge in [-0.3, -0.25) is 9.39 Å². The van der Waals surface area contributed by atoms with E-state index in [9.17, 15) is 0 Å². The van der Waals surface area contributed by atoms with Gasteiger partial charge in [0.15, 0.2) is 10.9 Å². The molecule has 2 heterocycles. The topological polar surface area (TPSA) is 53.7 Å². The largest absolute Gasteiger partial charge is 0.356 e. The number of imidazole rings is 1. The van der Waals surface area contributed by atoms with Crippen LogP contribution in [-0.4, -0.2) is 28.9 Å². The predicted molar refractivity (Wildman–Crippen MR) is 101 cm³/mol. The molecule has 0 spiro atoms. The molecule has 2 N–H and O–H groups in total. The van der Waals surface area contributed by atoms with Crippen LogP contribution in [0.3, 0.4) is 0 Å². The predicted octanol–water partition coefficient (Wildman–Crippen LogP) is 3.12. The minimum atomic E-state index is 0. The molecule has 0 saturated carbocycles. The molecule has 0 unspecified atom stereocenters. The molecule has 0 bridgehead atoms. The van der Waals surface area contributed by atoms with E-state index in [1.54, 1.807) is 18.4 Å². The van der Waals surface area contributed by atoms with Gasteiger partial charge >= 0.3 is 0 Å². The molecule has 0 amide bonds. The summed E-state index contributed by atoms with van der Waals surface area (Å²) in [6.45, 7) is 6.11. The van der Waals surface area contributed by atoms with E-state index < -0.39 is 0 Å². The summed E-state index contributed by atoms with van der Waals surface area (Å²) < 4.78 is 2.04. The summed E-state index contributed by atoms with van der Waals surface area (Å²) in [5, 5.41) is 8.72. The van der Waals surface area contributed by atoms with Gasteiger partial charge in [0, 0.05) is 31.4 Å². The number of nitrogens with one attached hydrogen (secondary N) is 2. The first-order valence-corrected chi connectivity index (χ1v) is 8.00. The molecular weight excluding hydrogens is 397 g/mol. The molecule has 0 aromatic carbocycles. The first-order chi connectivity index (χ1) is 9.76. The van der Waals surface area contributed by atoms with E-state index in [4.69, 9.17) is 0 Å². The first-order valence-electron chi connectivity index (χ1n) is 7.12. The minimum Gasteiger partial charge on any atom is -0.356 e. The minimum absolute atomic E-state index is 0. The average molecular weight is 421 g/mol. The maximum Gasteiger partial charge on any atom is 0.193 e. The lowest BCUT2D eigenvalue weighted by Crippen LogP contribution is -2.39. The summed E-state index contributed by atoms with van der Waals surface area (Å²) in [6, 6.07) is 0. The van der Waals surface area contributed by atoms with Crippen molar-refractivity contribution in [2.75, 3.05) is 13.6 Å². The van der Waals surface area contributed by atoms with Crippen molar-refractivity contribution in [1.82, 2.24) is 20.0 Å². The van der Waals surface area contributed by atoms with Crippen LogP contribution in [0.15, 0.2) is 22.8 Å². The van der Waals surface area contributed by atoms with Gasteiger partial charge in [-0.15, -0.1) is 35.3 Å². The maximum atomic E-state index is 4.54. The van der Waals surface area contributed by atoms with E-state index in [2.05, 4.69) is 34.5 Å². The van der Waals surface area contributed by atoms with E-state index in [-0.39, 0.29) is 24.0 Å². The van der Waals surface area contributed by atoms with Gasteiger partial charge in [-0.1, -0.05) is 26.7 Å². The third-order valence-corrected chi connectivity index (χ3v) is 4.29. The molecular formula is C14H24IN5S. The Labute approximate surface area is 147 Å².